The molecule has 180 valence electrons. The molecule has 2 unspecified atom stereocenters. The molecule has 4 heteroatoms. The zero-order valence-electron chi connectivity index (χ0n) is 20.7. The standard InChI is InChI=1S/C31H34N2O2/c1-23(25-10-4-3-5-11-25)28(20-31(34)32-18-8-9-19-32)29-22-33(30-13-7-6-12-27(29)30)21-24-14-16-26(35-2)17-15-24/h3-7,10-17,22-23,28H,8-9,18-21H2,1-2H3. The van der Waals surface area contributed by atoms with Crippen LogP contribution in [0.15, 0.2) is 85.1 Å². The first-order valence-corrected chi connectivity index (χ1v) is 12.7. The minimum atomic E-state index is 0.104. The van der Waals surface area contributed by atoms with Crippen LogP contribution in [0.3, 0.4) is 0 Å². The van der Waals surface area contributed by atoms with Crippen molar-refractivity contribution in [1.29, 1.82) is 0 Å². The summed E-state index contributed by atoms with van der Waals surface area (Å²) in [4.78, 5) is 15.4. The van der Waals surface area contributed by atoms with Crippen LogP contribution in [0.2, 0.25) is 0 Å². The zero-order valence-corrected chi connectivity index (χ0v) is 20.7. The zero-order chi connectivity index (χ0) is 24.2. The molecular formula is C31H34N2O2. The number of nitrogens with zero attached hydrogens (tertiary/aromatic N) is 2. The third kappa shape index (κ3) is 4.97. The highest BCUT2D eigenvalue weighted by molar-refractivity contribution is 5.86. The van der Waals surface area contributed by atoms with Crippen molar-refractivity contribution in [2.45, 2.75) is 44.6 Å². The van der Waals surface area contributed by atoms with Gasteiger partial charge in [0.25, 0.3) is 0 Å². The first-order chi connectivity index (χ1) is 17.1. The molecule has 3 aromatic carbocycles. The van der Waals surface area contributed by atoms with E-state index >= 15 is 0 Å². The molecule has 5 rings (SSSR count). The maximum absolute atomic E-state index is 13.4. The maximum Gasteiger partial charge on any atom is 0.223 e. The molecule has 2 heterocycles. The molecule has 0 N–H and O–H groups in total. The quantitative estimate of drug-likeness (QED) is 0.293. The lowest BCUT2D eigenvalue weighted by Gasteiger charge is -2.26. The summed E-state index contributed by atoms with van der Waals surface area (Å²) in [5.74, 6) is 1.47. The van der Waals surface area contributed by atoms with Crippen molar-refractivity contribution < 1.29 is 9.53 Å². The summed E-state index contributed by atoms with van der Waals surface area (Å²) in [6.07, 6.45) is 5.06. The van der Waals surface area contributed by atoms with Gasteiger partial charge in [0, 0.05) is 49.1 Å². The summed E-state index contributed by atoms with van der Waals surface area (Å²) >= 11 is 0. The Hall–Kier alpha value is -3.53. The smallest absolute Gasteiger partial charge is 0.223 e. The van der Waals surface area contributed by atoms with E-state index in [1.165, 1.54) is 27.6 Å². The lowest BCUT2D eigenvalue weighted by Crippen LogP contribution is -2.29. The number of hydrogen-bond acceptors (Lipinski definition) is 2. The Balaban J connectivity index is 1.54. The number of benzene rings is 3. The number of rotatable bonds is 8. The molecule has 1 fully saturated rings. The summed E-state index contributed by atoms with van der Waals surface area (Å²) in [6.45, 7) is 4.83. The van der Waals surface area contributed by atoms with E-state index in [1.54, 1.807) is 7.11 Å². The third-order valence-corrected chi connectivity index (χ3v) is 7.51. The van der Waals surface area contributed by atoms with E-state index in [9.17, 15) is 4.79 Å². The number of methoxy groups -OCH3 is 1. The van der Waals surface area contributed by atoms with E-state index in [1.807, 2.05) is 12.1 Å². The van der Waals surface area contributed by atoms with Gasteiger partial charge in [-0.3, -0.25) is 4.79 Å². The molecule has 4 nitrogen and oxygen atoms in total. The van der Waals surface area contributed by atoms with Gasteiger partial charge in [-0.1, -0.05) is 67.6 Å². The molecule has 1 aliphatic heterocycles. The predicted molar refractivity (Wildman–Crippen MR) is 142 cm³/mol. The van der Waals surface area contributed by atoms with Gasteiger partial charge < -0.3 is 14.2 Å². The first-order valence-electron chi connectivity index (χ1n) is 12.7. The molecule has 1 aromatic heterocycles. The van der Waals surface area contributed by atoms with Gasteiger partial charge >= 0.3 is 0 Å². The summed E-state index contributed by atoms with van der Waals surface area (Å²) in [6, 6.07) is 27.5. The summed E-state index contributed by atoms with van der Waals surface area (Å²) in [7, 11) is 1.69. The average Bonchev–Trinajstić information content (AvgIpc) is 3.57. The number of aromatic nitrogens is 1. The van der Waals surface area contributed by atoms with Gasteiger partial charge in [-0.2, -0.15) is 0 Å². The monoisotopic (exact) mass is 466 g/mol. The van der Waals surface area contributed by atoms with Crippen LogP contribution < -0.4 is 4.74 Å². The average molecular weight is 467 g/mol. The minimum absolute atomic E-state index is 0.104. The molecule has 0 spiro atoms. The number of amides is 1. The Morgan fingerprint density at radius 3 is 2.31 bits per heavy atom. The van der Waals surface area contributed by atoms with Crippen molar-refractivity contribution in [2.75, 3.05) is 20.2 Å². The highest BCUT2D eigenvalue weighted by Crippen LogP contribution is 2.40. The molecule has 0 aliphatic carbocycles. The number of carbonyl (C=O) groups is 1. The van der Waals surface area contributed by atoms with Crippen molar-refractivity contribution in [3.8, 4) is 5.75 Å². The molecule has 1 aliphatic rings. The largest absolute Gasteiger partial charge is 0.497 e. The van der Waals surface area contributed by atoms with Crippen LogP contribution in [0.4, 0.5) is 0 Å². The molecule has 1 saturated heterocycles. The van der Waals surface area contributed by atoms with Crippen molar-refractivity contribution in [2.24, 2.45) is 0 Å². The number of hydrogen-bond donors (Lipinski definition) is 0. The van der Waals surface area contributed by atoms with E-state index in [-0.39, 0.29) is 17.7 Å². The lowest BCUT2D eigenvalue weighted by atomic mass is 9.80. The van der Waals surface area contributed by atoms with Crippen LogP contribution in [-0.2, 0) is 11.3 Å². The van der Waals surface area contributed by atoms with Gasteiger partial charge in [0.05, 0.1) is 7.11 Å². The fourth-order valence-corrected chi connectivity index (χ4v) is 5.46. The Morgan fingerprint density at radius 1 is 0.914 bits per heavy atom. The fourth-order valence-electron chi connectivity index (χ4n) is 5.46. The van der Waals surface area contributed by atoms with Crippen LogP contribution in [0.25, 0.3) is 10.9 Å². The Bertz CT molecular complexity index is 1270. The summed E-state index contributed by atoms with van der Waals surface area (Å²) in [5, 5.41) is 1.24. The highest BCUT2D eigenvalue weighted by atomic mass is 16.5. The van der Waals surface area contributed by atoms with E-state index in [0.29, 0.717) is 6.42 Å². The molecule has 2 atom stereocenters. The predicted octanol–water partition coefficient (Wildman–Crippen LogP) is 6.60. The van der Waals surface area contributed by atoms with Gasteiger partial charge in [-0.15, -0.1) is 0 Å². The van der Waals surface area contributed by atoms with Crippen LogP contribution >= 0.6 is 0 Å². The molecule has 0 saturated carbocycles. The Labute approximate surface area is 208 Å². The first kappa shape index (κ1) is 23.2. The molecule has 1 amide bonds. The van der Waals surface area contributed by atoms with Gasteiger partial charge in [-0.25, -0.2) is 0 Å². The summed E-state index contributed by atoms with van der Waals surface area (Å²) < 4.78 is 7.66. The molecule has 0 radical (unpaired) electrons. The topological polar surface area (TPSA) is 34.5 Å². The SMILES string of the molecule is COc1ccc(Cn2cc(C(CC(=O)N3CCCC3)C(C)c3ccccc3)c3ccccc32)cc1. The van der Waals surface area contributed by atoms with Crippen molar-refractivity contribution in [1.82, 2.24) is 9.47 Å². The van der Waals surface area contributed by atoms with Crippen molar-refractivity contribution in [3.63, 3.8) is 0 Å². The van der Waals surface area contributed by atoms with Gasteiger partial charge in [0.2, 0.25) is 5.91 Å². The molecule has 35 heavy (non-hydrogen) atoms. The lowest BCUT2D eigenvalue weighted by molar-refractivity contribution is -0.130. The van der Waals surface area contributed by atoms with Gasteiger partial charge in [0.1, 0.15) is 5.75 Å². The van der Waals surface area contributed by atoms with Gasteiger partial charge in [0.15, 0.2) is 0 Å². The van der Waals surface area contributed by atoms with Crippen LogP contribution in [-0.4, -0.2) is 35.6 Å². The van der Waals surface area contributed by atoms with Crippen molar-refractivity contribution >= 4 is 16.8 Å². The third-order valence-electron chi connectivity index (χ3n) is 7.51. The Kier molecular flexibility index (Phi) is 6.89. The minimum Gasteiger partial charge on any atom is -0.497 e. The highest BCUT2D eigenvalue weighted by Gasteiger charge is 2.29. The normalized spacial score (nSPS) is 15.3. The van der Waals surface area contributed by atoms with Crippen LogP contribution in [0, 0.1) is 0 Å². The number of carbonyl (C=O) groups excluding carboxylic acids is 1. The number of ether oxygens (including phenoxy) is 1. The second kappa shape index (κ2) is 10.4. The van der Waals surface area contributed by atoms with E-state index < -0.39 is 0 Å². The van der Waals surface area contributed by atoms with E-state index in [4.69, 9.17) is 4.74 Å². The molecule has 0 bridgehead atoms. The second-order valence-electron chi connectivity index (χ2n) is 9.68. The number of likely N-dealkylation sites (tertiary alicyclic amines) is 1. The number of fused-ring (bicyclic) bond motifs is 1. The maximum atomic E-state index is 13.4. The van der Waals surface area contributed by atoms with Crippen LogP contribution in [0.1, 0.15) is 54.7 Å². The fraction of sp³-hybridized carbons (Fsp3) is 0.323. The number of para-hydroxylation sites is 1. The van der Waals surface area contributed by atoms with Crippen LogP contribution in [0.5, 0.6) is 5.75 Å². The molecular weight excluding hydrogens is 432 g/mol. The van der Waals surface area contributed by atoms with E-state index in [0.717, 1.165) is 38.2 Å². The van der Waals surface area contributed by atoms with E-state index in [2.05, 4.69) is 89.3 Å². The molecule has 4 aromatic rings. The summed E-state index contributed by atoms with van der Waals surface area (Å²) in [5.41, 5.74) is 4.97. The Morgan fingerprint density at radius 2 is 1.60 bits per heavy atom. The second-order valence-corrected chi connectivity index (χ2v) is 9.68. The van der Waals surface area contributed by atoms with Gasteiger partial charge in [-0.05, 0) is 53.6 Å². The van der Waals surface area contributed by atoms with Crippen molar-refractivity contribution in [3.05, 3.63) is 102 Å².